The number of rotatable bonds is 2. The zero-order valence-electron chi connectivity index (χ0n) is 16.6. The predicted octanol–water partition coefficient (Wildman–Crippen LogP) is 2.34. The van der Waals surface area contributed by atoms with Gasteiger partial charge in [-0.25, -0.2) is 9.78 Å². The van der Waals surface area contributed by atoms with Crippen molar-refractivity contribution in [3.8, 4) is 11.3 Å². The Morgan fingerprint density at radius 3 is 2.64 bits per heavy atom. The Kier molecular flexibility index (Phi) is 4.70. The normalized spacial score (nSPS) is 15.3. The van der Waals surface area contributed by atoms with Crippen LogP contribution in [0.1, 0.15) is 20.8 Å². The maximum atomic E-state index is 12.3. The fourth-order valence-electron chi connectivity index (χ4n) is 3.23. The fourth-order valence-corrected chi connectivity index (χ4v) is 3.88. The van der Waals surface area contributed by atoms with Crippen molar-refractivity contribution >= 4 is 28.9 Å². The van der Waals surface area contributed by atoms with E-state index in [2.05, 4.69) is 21.4 Å². The van der Waals surface area contributed by atoms with E-state index in [9.17, 15) is 4.79 Å². The van der Waals surface area contributed by atoms with Gasteiger partial charge in [-0.15, -0.1) is 4.68 Å². The van der Waals surface area contributed by atoms with Crippen molar-refractivity contribution in [3.05, 3.63) is 29.4 Å². The van der Waals surface area contributed by atoms with E-state index < -0.39 is 5.60 Å². The van der Waals surface area contributed by atoms with Gasteiger partial charge in [0.05, 0.1) is 13.2 Å². The monoisotopic (exact) mass is 401 g/mol. The summed E-state index contributed by atoms with van der Waals surface area (Å²) in [4.78, 5) is 21.2. The first-order valence-electron chi connectivity index (χ1n) is 9.31. The Hall–Kier alpha value is -2.68. The lowest BCUT2D eigenvalue weighted by atomic mass is 10.2. The van der Waals surface area contributed by atoms with Gasteiger partial charge < -0.3 is 14.5 Å². The number of carbonyl (C=O) groups is 1. The molecule has 0 saturated carbocycles. The molecule has 9 heteroatoms. The highest BCUT2D eigenvalue weighted by atomic mass is 32.1. The lowest BCUT2D eigenvalue weighted by Gasteiger charge is -2.35. The van der Waals surface area contributed by atoms with Gasteiger partial charge >= 0.3 is 11.7 Å². The number of piperazine rings is 1. The molecular weight excluding hydrogens is 376 g/mol. The lowest BCUT2D eigenvalue weighted by molar-refractivity contribution is -0.512. The number of amides is 1. The Labute approximate surface area is 168 Å². The summed E-state index contributed by atoms with van der Waals surface area (Å²) in [5, 5.41) is 8.73. The number of carbonyl (C=O) groups excluding carboxylic acids is 1. The van der Waals surface area contributed by atoms with E-state index in [0.29, 0.717) is 26.2 Å². The molecule has 0 unspecified atom stereocenters. The van der Waals surface area contributed by atoms with E-state index >= 15 is 0 Å². The van der Waals surface area contributed by atoms with Gasteiger partial charge in [0.1, 0.15) is 11.3 Å². The van der Waals surface area contributed by atoms with Crippen LogP contribution in [0.25, 0.3) is 16.9 Å². The van der Waals surface area contributed by atoms with Gasteiger partial charge in [0.2, 0.25) is 12.1 Å². The predicted molar refractivity (Wildman–Crippen MR) is 107 cm³/mol. The topological polar surface area (TPSA) is 67.6 Å². The molecule has 28 heavy (non-hydrogen) atoms. The average molecular weight is 402 g/mol. The van der Waals surface area contributed by atoms with Crippen molar-refractivity contribution in [1.29, 1.82) is 0 Å². The Bertz CT molecular complexity index is 984. The maximum absolute atomic E-state index is 12.3. The van der Waals surface area contributed by atoms with Crippen LogP contribution in [0, 0.1) is 0 Å². The summed E-state index contributed by atoms with van der Waals surface area (Å²) >= 11 is 1.65. The third kappa shape index (κ3) is 3.80. The summed E-state index contributed by atoms with van der Waals surface area (Å²) in [6, 6.07) is 2.07. The first-order valence-corrected chi connectivity index (χ1v) is 10.3. The molecule has 1 amide bonds. The molecule has 4 heterocycles. The summed E-state index contributed by atoms with van der Waals surface area (Å²) in [6.45, 7) is 8.22. The van der Waals surface area contributed by atoms with Gasteiger partial charge in [-0.05, 0) is 32.2 Å². The molecule has 1 fully saturated rings. The van der Waals surface area contributed by atoms with Gasteiger partial charge in [0, 0.05) is 42.2 Å². The zero-order chi connectivity index (χ0) is 19.9. The number of aromatic nitrogens is 4. The molecule has 0 spiro atoms. The Balaban J connectivity index is 1.59. The summed E-state index contributed by atoms with van der Waals surface area (Å²) in [7, 11) is 1.90. The molecular formula is C19H25N6O2S+. The Morgan fingerprint density at radius 1 is 1.25 bits per heavy atom. The SMILES string of the molecule is Cn1c[n+]2cc(-c3ccsc3)nc(N3CCN(C(=O)OC(C)(C)C)CC3)c2n1. The van der Waals surface area contributed by atoms with Crippen LogP contribution in [-0.2, 0) is 11.8 Å². The van der Waals surface area contributed by atoms with Crippen LogP contribution in [-0.4, -0.2) is 57.5 Å². The number of thiophene rings is 1. The van der Waals surface area contributed by atoms with E-state index in [1.807, 2.05) is 50.1 Å². The molecule has 0 bridgehead atoms. The van der Waals surface area contributed by atoms with Crippen LogP contribution in [0.4, 0.5) is 10.6 Å². The molecule has 0 aliphatic carbocycles. The van der Waals surface area contributed by atoms with Crippen molar-refractivity contribution in [1.82, 2.24) is 19.7 Å². The molecule has 0 atom stereocenters. The third-order valence-corrected chi connectivity index (χ3v) is 5.21. The molecule has 1 aliphatic heterocycles. The highest BCUT2D eigenvalue weighted by molar-refractivity contribution is 7.08. The summed E-state index contributed by atoms with van der Waals surface area (Å²) in [5.41, 5.74) is 2.34. The van der Waals surface area contributed by atoms with Gasteiger partial charge in [0.25, 0.3) is 0 Å². The van der Waals surface area contributed by atoms with Crippen LogP contribution in [0.15, 0.2) is 29.4 Å². The molecule has 148 valence electrons. The molecule has 0 aromatic carbocycles. The lowest BCUT2D eigenvalue weighted by Crippen LogP contribution is -2.50. The van der Waals surface area contributed by atoms with Crippen LogP contribution in [0.3, 0.4) is 0 Å². The second-order valence-electron chi connectivity index (χ2n) is 7.94. The highest BCUT2D eigenvalue weighted by Gasteiger charge is 2.29. The van der Waals surface area contributed by atoms with Gasteiger partial charge in [-0.2, -0.15) is 15.7 Å². The second kappa shape index (κ2) is 7.05. The number of hydrogen-bond donors (Lipinski definition) is 0. The average Bonchev–Trinajstić information content (AvgIpc) is 3.28. The molecule has 8 nitrogen and oxygen atoms in total. The van der Waals surface area contributed by atoms with E-state index in [-0.39, 0.29) is 6.09 Å². The zero-order valence-corrected chi connectivity index (χ0v) is 17.4. The summed E-state index contributed by atoms with van der Waals surface area (Å²) in [5.74, 6) is 0.841. The van der Waals surface area contributed by atoms with Crippen LogP contribution < -0.4 is 9.30 Å². The minimum absolute atomic E-state index is 0.260. The fraction of sp³-hybridized carbons (Fsp3) is 0.474. The van der Waals surface area contributed by atoms with Gasteiger partial charge in [-0.3, -0.25) is 0 Å². The maximum Gasteiger partial charge on any atom is 0.410 e. The Morgan fingerprint density at radius 2 is 2.00 bits per heavy atom. The molecule has 1 saturated heterocycles. The summed E-state index contributed by atoms with van der Waals surface area (Å²) in [6.07, 6.45) is 3.68. The molecule has 0 N–H and O–H groups in total. The first-order chi connectivity index (χ1) is 13.3. The van der Waals surface area contributed by atoms with Crippen molar-refractivity contribution in [2.75, 3.05) is 31.1 Å². The van der Waals surface area contributed by atoms with Crippen LogP contribution in [0.5, 0.6) is 0 Å². The van der Waals surface area contributed by atoms with Crippen molar-refractivity contribution in [2.45, 2.75) is 26.4 Å². The summed E-state index contributed by atoms with van der Waals surface area (Å²) < 4.78 is 9.29. The number of fused-ring (bicyclic) bond motifs is 1. The van der Waals surface area contributed by atoms with Crippen molar-refractivity contribution < 1.29 is 13.9 Å². The van der Waals surface area contributed by atoms with E-state index in [4.69, 9.17) is 9.72 Å². The first kappa shape index (κ1) is 18.7. The highest BCUT2D eigenvalue weighted by Crippen LogP contribution is 2.24. The smallest absolute Gasteiger partial charge is 0.410 e. The molecule has 1 aliphatic rings. The van der Waals surface area contributed by atoms with Gasteiger partial charge in [-0.1, -0.05) is 0 Å². The number of ether oxygens (including phenoxy) is 1. The van der Waals surface area contributed by atoms with E-state index in [0.717, 1.165) is 22.7 Å². The molecule has 3 aromatic rings. The number of hydrogen-bond acceptors (Lipinski definition) is 6. The number of aryl methyl sites for hydroxylation is 1. The quantitative estimate of drug-likeness (QED) is 0.617. The molecule has 4 rings (SSSR count). The van der Waals surface area contributed by atoms with Gasteiger partial charge in [0.15, 0.2) is 0 Å². The van der Waals surface area contributed by atoms with E-state index in [1.165, 1.54) is 0 Å². The van der Waals surface area contributed by atoms with Crippen molar-refractivity contribution in [3.63, 3.8) is 0 Å². The second-order valence-corrected chi connectivity index (χ2v) is 8.72. The van der Waals surface area contributed by atoms with Crippen molar-refractivity contribution in [2.24, 2.45) is 7.05 Å². The largest absolute Gasteiger partial charge is 0.444 e. The standard InChI is InChI=1S/C19H25N6O2S/c1-19(2,3)27-18(26)24-8-6-23(7-9-24)16-17-21-22(4)13-25(17)11-15(20-16)14-5-10-28-12-14/h5,10-13H,6-9H2,1-4H3/q+1. The number of anilines is 1. The van der Waals surface area contributed by atoms with Crippen LogP contribution in [0.2, 0.25) is 0 Å². The molecule has 3 aromatic heterocycles. The molecule has 0 radical (unpaired) electrons. The van der Waals surface area contributed by atoms with Crippen LogP contribution >= 0.6 is 11.3 Å². The third-order valence-electron chi connectivity index (χ3n) is 4.52. The van der Waals surface area contributed by atoms with E-state index in [1.54, 1.807) is 20.9 Å². The minimum atomic E-state index is -0.485. The number of nitrogens with zero attached hydrogens (tertiary/aromatic N) is 6. The minimum Gasteiger partial charge on any atom is -0.444 e.